The average Bonchev–Trinajstić information content (AvgIpc) is 2.99. The first-order valence-electron chi connectivity index (χ1n) is 8.31. The third-order valence-corrected chi connectivity index (χ3v) is 4.00. The van der Waals surface area contributed by atoms with Crippen LogP contribution in [0.3, 0.4) is 0 Å². The topological polar surface area (TPSA) is 69.3 Å². The van der Waals surface area contributed by atoms with Gasteiger partial charge in [-0.1, -0.05) is 6.07 Å². The summed E-state index contributed by atoms with van der Waals surface area (Å²) in [5.41, 5.74) is 2.02. The molecule has 3 rings (SSSR count). The maximum atomic E-state index is 11.0. The van der Waals surface area contributed by atoms with E-state index in [1.165, 1.54) is 0 Å². The van der Waals surface area contributed by atoms with Crippen LogP contribution in [0.25, 0.3) is 4.85 Å². The lowest BCUT2D eigenvalue weighted by Gasteiger charge is -2.11. The van der Waals surface area contributed by atoms with Crippen LogP contribution < -0.4 is 14.9 Å². The quantitative estimate of drug-likeness (QED) is 0.472. The van der Waals surface area contributed by atoms with Gasteiger partial charge in [-0.05, 0) is 48.6 Å². The molecule has 26 heavy (non-hydrogen) atoms. The van der Waals surface area contributed by atoms with Crippen LogP contribution in [0.2, 0.25) is 0 Å². The molecule has 0 aliphatic carbocycles. The Hall–Kier alpha value is -2.82. The van der Waals surface area contributed by atoms with Gasteiger partial charge in [-0.15, -0.1) is 0 Å². The van der Waals surface area contributed by atoms with Crippen molar-refractivity contribution in [3.63, 3.8) is 0 Å². The fraction of sp³-hybridized carbons (Fsp3) is 0.263. The van der Waals surface area contributed by atoms with Crippen molar-refractivity contribution in [3.05, 3.63) is 53.4 Å². The van der Waals surface area contributed by atoms with E-state index in [1.54, 1.807) is 37.3 Å². The monoisotopic (exact) mass is 351 g/mol. The Morgan fingerprint density at radius 3 is 2.85 bits per heavy atom. The summed E-state index contributed by atoms with van der Waals surface area (Å²) in [6.07, 6.45) is 1.05. The fourth-order valence-corrected chi connectivity index (χ4v) is 2.68. The molecule has 2 aromatic carbocycles. The van der Waals surface area contributed by atoms with Crippen LogP contribution in [0.5, 0.6) is 17.2 Å². The Labute approximate surface area is 152 Å². The lowest BCUT2D eigenvalue weighted by molar-refractivity contribution is -0.117. The van der Waals surface area contributed by atoms with Gasteiger partial charge in [0.2, 0.25) is 5.69 Å². The summed E-state index contributed by atoms with van der Waals surface area (Å²) in [6, 6.07) is 10.4. The van der Waals surface area contributed by atoms with Crippen LogP contribution in [-0.4, -0.2) is 24.5 Å². The van der Waals surface area contributed by atoms with Gasteiger partial charge in [0.1, 0.15) is 23.0 Å². The van der Waals surface area contributed by atoms with Crippen molar-refractivity contribution in [1.82, 2.24) is 0 Å². The van der Waals surface area contributed by atoms with Crippen molar-refractivity contribution in [3.8, 4) is 17.2 Å². The minimum atomic E-state index is -0.882. The van der Waals surface area contributed by atoms with Gasteiger partial charge in [-0.3, -0.25) is 0 Å². The highest BCUT2D eigenvalue weighted by Gasteiger charge is 2.27. The molecule has 132 valence electrons. The molecule has 0 fully saturated rings. The van der Waals surface area contributed by atoms with Crippen LogP contribution in [0.15, 0.2) is 36.4 Å². The second kappa shape index (κ2) is 8.04. The maximum Gasteiger partial charge on any atom is 0.491 e. The smallest absolute Gasteiger partial charge is 0.491 e. The van der Waals surface area contributed by atoms with Crippen molar-refractivity contribution in [2.75, 3.05) is 6.61 Å². The summed E-state index contributed by atoms with van der Waals surface area (Å²) in [7, 11) is -0.882. The SMILES string of the molecule is [C-]#[N+]c1ccc(Oc2ccc3c(c2)COB3O)cc1OCCCC(C)=O. The number of hydrogen-bond acceptors (Lipinski definition) is 5. The summed E-state index contributed by atoms with van der Waals surface area (Å²) in [5, 5.41) is 9.66. The Bertz CT molecular complexity index is 861. The van der Waals surface area contributed by atoms with E-state index in [0.717, 1.165) is 11.0 Å². The molecule has 0 radical (unpaired) electrons. The van der Waals surface area contributed by atoms with E-state index in [0.29, 0.717) is 49.0 Å². The van der Waals surface area contributed by atoms with E-state index in [-0.39, 0.29) is 5.78 Å². The third-order valence-electron chi connectivity index (χ3n) is 4.00. The number of ketones is 1. The molecule has 1 N–H and O–H groups in total. The first-order chi connectivity index (χ1) is 12.6. The van der Waals surface area contributed by atoms with Gasteiger partial charge in [0.25, 0.3) is 0 Å². The molecule has 0 aromatic heterocycles. The van der Waals surface area contributed by atoms with E-state index in [1.807, 2.05) is 6.07 Å². The summed E-state index contributed by atoms with van der Waals surface area (Å²) in [5.74, 6) is 1.70. The normalized spacial score (nSPS) is 12.4. The van der Waals surface area contributed by atoms with E-state index in [9.17, 15) is 9.82 Å². The van der Waals surface area contributed by atoms with Gasteiger partial charge in [0.05, 0.1) is 19.8 Å². The number of hydrogen-bond donors (Lipinski definition) is 1. The number of rotatable bonds is 7. The van der Waals surface area contributed by atoms with Crippen molar-refractivity contribution in [2.45, 2.75) is 26.4 Å². The molecular formula is C19H18BNO5. The number of carbonyl (C=O) groups excluding carboxylic acids is 1. The predicted molar refractivity (Wildman–Crippen MR) is 97.0 cm³/mol. The molecule has 0 saturated heterocycles. The first kappa shape index (κ1) is 18.0. The van der Waals surface area contributed by atoms with Crippen molar-refractivity contribution in [1.29, 1.82) is 0 Å². The fourth-order valence-electron chi connectivity index (χ4n) is 2.68. The number of benzene rings is 2. The van der Waals surface area contributed by atoms with E-state index < -0.39 is 7.12 Å². The Morgan fingerprint density at radius 1 is 1.31 bits per heavy atom. The van der Waals surface area contributed by atoms with Crippen molar-refractivity contribution >= 4 is 24.1 Å². The van der Waals surface area contributed by atoms with Gasteiger partial charge < -0.3 is 23.9 Å². The molecule has 0 atom stereocenters. The van der Waals surface area contributed by atoms with Crippen LogP contribution in [0, 0.1) is 6.57 Å². The summed E-state index contributed by atoms with van der Waals surface area (Å²) >= 11 is 0. The van der Waals surface area contributed by atoms with Crippen LogP contribution in [0.4, 0.5) is 5.69 Å². The number of carbonyl (C=O) groups is 1. The minimum Gasteiger partial charge on any atom is -0.504 e. The second-order valence-corrected chi connectivity index (χ2v) is 6.02. The van der Waals surface area contributed by atoms with Crippen LogP contribution >= 0.6 is 0 Å². The Morgan fingerprint density at radius 2 is 2.08 bits per heavy atom. The molecule has 7 heteroatoms. The first-order valence-corrected chi connectivity index (χ1v) is 8.31. The molecular weight excluding hydrogens is 333 g/mol. The standard InChI is InChI=1S/C19H18BNO5/c1-13(22)4-3-9-24-19-11-16(6-8-18(19)21-2)26-15-5-7-17-14(10-15)12-25-20(17)23/h5-8,10-11,23H,3-4,9,12H2,1H3. The summed E-state index contributed by atoms with van der Waals surface area (Å²) in [6.45, 7) is 9.48. The van der Waals surface area contributed by atoms with Crippen molar-refractivity contribution in [2.24, 2.45) is 0 Å². The second-order valence-electron chi connectivity index (χ2n) is 6.02. The van der Waals surface area contributed by atoms with Crippen LogP contribution in [0.1, 0.15) is 25.3 Å². The number of ether oxygens (including phenoxy) is 2. The van der Waals surface area contributed by atoms with E-state index >= 15 is 0 Å². The molecule has 0 bridgehead atoms. The number of nitrogens with zero attached hydrogens (tertiary/aromatic N) is 1. The van der Waals surface area contributed by atoms with Gasteiger partial charge in [0, 0.05) is 12.5 Å². The van der Waals surface area contributed by atoms with Gasteiger partial charge in [0.15, 0.2) is 0 Å². The highest BCUT2D eigenvalue weighted by molar-refractivity contribution is 6.61. The average molecular weight is 351 g/mol. The van der Waals surface area contributed by atoms with Gasteiger partial charge in [-0.2, -0.15) is 0 Å². The zero-order valence-electron chi connectivity index (χ0n) is 14.4. The van der Waals surface area contributed by atoms with Crippen molar-refractivity contribution < 1.29 is 23.9 Å². The number of Topliss-reactive ketones (excluding diaryl/α,β-unsaturated/α-hetero) is 1. The molecule has 1 aliphatic rings. The summed E-state index contributed by atoms with van der Waals surface area (Å²) < 4.78 is 16.7. The highest BCUT2D eigenvalue weighted by atomic mass is 16.5. The Kier molecular flexibility index (Phi) is 5.57. The third kappa shape index (κ3) is 4.23. The predicted octanol–water partition coefficient (Wildman–Crippen LogP) is 3.00. The van der Waals surface area contributed by atoms with E-state index in [2.05, 4.69) is 4.85 Å². The molecule has 0 unspecified atom stereocenters. The van der Waals surface area contributed by atoms with Gasteiger partial charge >= 0.3 is 7.12 Å². The molecule has 0 saturated carbocycles. The minimum absolute atomic E-state index is 0.113. The molecule has 0 spiro atoms. The highest BCUT2D eigenvalue weighted by Crippen LogP contribution is 2.34. The van der Waals surface area contributed by atoms with E-state index in [4.69, 9.17) is 20.7 Å². The Balaban J connectivity index is 1.71. The van der Waals surface area contributed by atoms with Gasteiger partial charge in [-0.25, -0.2) is 4.85 Å². The molecule has 1 heterocycles. The summed E-state index contributed by atoms with van der Waals surface area (Å²) in [4.78, 5) is 14.4. The number of fused-ring (bicyclic) bond motifs is 1. The molecule has 0 amide bonds. The lowest BCUT2D eigenvalue weighted by atomic mass is 9.80. The lowest BCUT2D eigenvalue weighted by Crippen LogP contribution is -2.27. The molecule has 6 nitrogen and oxygen atoms in total. The zero-order valence-corrected chi connectivity index (χ0v) is 14.4. The largest absolute Gasteiger partial charge is 0.504 e. The van der Waals surface area contributed by atoms with Crippen LogP contribution in [-0.2, 0) is 16.1 Å². The molecule has 1 aliphatic heterocycles. The maximum absolute atomic E-state index is 11.0. The molecule has 2 aromatic rings. The zero-order chi connectivity index (χ0) is 18.5.